The van der Waals surface area contributed by atoms with Gasteiger partial charge in [-0.25, -0.2) is 13.6 Å². The van der Waals surface area contributed by atoms with Gasteiger partial charge in [-0.1, -0.05) is 0 Å². The Labute approximate surface area is 252 Å². The number of carbonyl (C=O) groups is 3. The number of hydrogen-bond donors (Lipinski definition) is 4. The number of hydrogen-bond acceptors (Lipinski definition) is 5. The van der Waals surface area contributed by atoms with Crippen molar-refractivity contribution < 1.29 is 27.9 Å². The number of alkyl carbamates (subject to hydrolysis) is 1. The number of ether oxygens (including phenoxy) is 1. The molecule has 42 heavy (non-hydrogen) atoms. The summed E-state index contributed by atoms with van der Waals surface area (Å²) in [6.07, 6.45) is 6.49. The maximum Gasteiger partial charge on any atom is 0.407 e. The second-order valence-electron chi connectivity index (χ2n) is 11.8. The predicted octanol–water partition coefficient (Wildman–Crippen LogP) is 5.64. The summed E-state index contributed by atoms with van der Waals surface area (Å²) in [6.45, 7) is 5.48. The minimum atomic E-state index is -0.510. The zero-order valence-electron chi connectivity index (χ0n) is 24.5. The van der Waals surface area contributed by atoms with Crippen LogP contribution in [0.15, 0.2) is 48.5 Å². The standard InChI is InChI=1S/C18H25FN2O3.C13H17FN2O.ClH/c1-18(2,3)24-17(23)21-15-10-8-14(9-11-15)20-16(22)12-4-6-13(19)7-5-12;14-10-3-1-9(2-4-10)13(17)16-12-7-5-11(15)6-8-12;/h4-7,14-15H,8-11H2,1-3H3,(H,20,22)(H,21,23);1-4,11-12H,5-8,15H2,(H,16,17);1H. The Hall–Kier alpha value is -3.24. The van der Waals surface area contributed by atoms with Gasteiger partial charge < -0.3 is 26.4 Å². The molecule has 0 bridgehead atoms. The molecule has 2 aliphatic carbocycles. The van der Waals surface area contributed by atoms with E-state index in [0.29, 0.717) is 11.1 Å². The van der Waals surface area contributed by atoms with Crippen LogP contribution in [0.2, 0.25) is 0 Å². The van der Waals surface area contributed by atoms with E-state index in [1.807, 2.05) is 20.8 Å². The number of amides is 3. The Balaban J connectivity index is 0.000000302. The lowest BCUT2D eigenvalue weighted by atomic mass is 9.91. The van der Waals surface area contributed by atoms with E-state index in [4.69, 9.17) is 10.5 Å². The Morgan fingerprint density at radius 3 is 1.36 bits per heavy atom. The number of nitrogens with one attached hydrogen (secondary N) is 3. The molecule has 232 valence electrons. The lowest BCUT2D eigenvalue weighted by Crippen LogP contribution is -2.45. The van der Waals surface area contributed by atoms with Crippen LogP contribution in [0.3, 0.4) is 0 Å². The van der Waals surface area contributed by atoms with Gasteiger partial charge in [0.2, 0.25) is 0 Å². The van der Waals surface area contributed by atoms with Crippen LogP contribution in [0.25, 0.3) is 0 Å². The number of nitrogens with two attached hydrogens (primary N) is 1. The Morgan fingerprint density at radius 1 is 0.667 bits per heavy atom. The zero-order chi connectivity index (χ0) is 30.0. The molecular formula is C31H43ClF2N4O4. The van der Waals surface area contributed by atoms with E-state index in [1.165, 1.54) is 48.5 Å². The van der Waals surface area contributed by atoms with Crippen LogP contribution in [0.5, 0.6) is 0 Å². The van der Waals surface area contributed by atoms with Gasteiger partial charge in [-0.3, -0.25) is 9.59 Å². The van der Waals surface area contributed by atoms with Crippen molar-refractivity contribution in [3.05, 3.63) is 71.3 Å². The molecule has 2 aliphatic rings. The number of halogens is 3. The monoisotopic (exact) mass is 608 g/mol. The van der Waals surface area contributed by atoms with E-state index in [1.54, 1.807) is 0 Å². The molecule has 0 saturated heterocycles. The molecule has 0 radical (unpaired) electrons. The van der Waals surface area contributed by atoms with E-state index >= 15 is 0 Å². The largest absolute Gasteiger partial charge is 0.444 e. The number of rotatable bonds is 5. The summed E-state index contributed by atoms with van der Waals surface area (Å²) in [5.74, 6) is -1.02. The summed E-state index contributed by atoms with van der Waals surface area (Å²) in [5, 5.41) is 8.79. The highest BCUT2D eigenvalue weighted by molar-refractivity contribution is 5.94. The maximum absolute atomic E-state index is 12.9. The fourth-order valence-electron chi connectivity index (χ4n) is 4.86. The molecule has 0 unspecified atom stereocenters. The topological polar surface area (TPSA) is 123 Å². The van der Waals surface area contributed by atoms with Gasteiger partial charge in [0.15, 0.2) is 0 Å². The molecule has 2 aromatic carbocycles. The Morgan fingerprint density at radius 2 is 1.00 bits per heavy atom. The second-order valence-corrected chi connectivity index (χ2v) is 11.8. The molecule has 8 nitrogen and oxygen atoms in total. The molecule has 0 aromatic heterocycles. The molecule has 2 aromatic rings. The first-order valence-corrected chi connectivity index (χ1v) is 14.3. The smallest absolute Gasteiger partial charge is 0.407 e. The van der Waals surface area contributed by atoms with Crippen LogP contribution >= 0.6 is 12.4 Å². The van der Waals surface area contributed by atoms with Crippen molar-refractivity contribution in [3.63, 3.8) is 0 Å². The van der Waals surface area contributed by atoms with Crippen molar-refractivity contribution in [2.45, 2.75) is 102 Å². The van der Waals surface area contributed by atoms with Gasteiger partial charge in [0.25, 0.3) is 11.8 Å². The molecule has 2 saturated carbocycles. The third kappa shape index (κ3) is 12.3. The SMILES string of the molecule is CC(C)(C)OC(=O)NC1CCC(NC(=O)c2ccc(F)cc2)CC1.Cl.NC1CCC(NC(=O)c2ccc(F)cc2)CC1. The first kappa shape index (κ1) is 35.0. The van der Waals surface area contributed by atoms with E-state index in [9.17, 15) is 23.2 Å². The highest BCUT2D eigenvalue weighted by atomic mass is 35.5. The Bertz CT molecular complexity index is 1140. The van der Waals surface area contributed by atoms with Gasteiger partial charge in [-0.2, -0.15) is 0 Å². The van der Waals surface area contributed by atoms with Crippen LogP contribution in [0.4, 0.5) is 13.6 Å². The third-order valence-corrected chi connectivity index (χ3v) is 7.10. The second kappa shape index (κ2) is 16.4. The first-order valence-electron chi connectivity index (χ1n) is 14.3. The van der Waals surface area contributed by atoms with E-state index in [2.05, 4.69) is 16.0 Å². The number of carbonyl (C=O) groups excluding carboxylic acids is 3. The average molecular weight is 609 g/mol. The third-order valence-electron chi connectivity index (χ3n) is 7.10. The molecular weight excluding hydrogens is 566 g/mol. The van der Waals surface area contributed by atoms with Crippen molar-refractivity contribution in [1.29, 1.82) is 0 Å². The molecule has 0 spiro atoms. The van der Waals surface area contributed by atoms with Crippen molar-refractivity contribution in [2.24, 2.45) is 5.73 Å². The molecule has 4 rings (SSSR count). The lowest BCUT2D eigenvalue weighted by molar-refractivity contribution is 0.0487. The van der Waals surface area contributed by atoms with Crippen molar-refractivity contribution >= 4 is 30.3 Å². The van der Waals surface area contributed by atoms with Crippen molar-refractivity contribution in [1.82, 2.24) is 16.0 Å². The molecule has 2 fully saturated rings. The van der Waals surface area contributed by atoms with Gasteiger partial charge in [0.1, 0.15) is 17.2 Å². The van der Waals surface area contributed by atoms with Gasteiger partial charge in [-0.05, 0) is 121 Å². The van der Waals surface area contributed by atoms with E-state index in [-0.39, 0.29) is 60.0 Å². The zero-order valence-corrected chi connectivity index (χ0v) is 25.3. The van der Waals surface area contributed by atoms with Gasteiger partial charge in [0.05, 0.1) is 0 Å². The van der Waals surface area contributed by atoms with Crippen molar-refractivity contribution in [2.75, 3.05) is 0 Å². The molecule has 11 heteroatoms. The minimum Gasteiger partial charge on any atom is -0.444 e. The summed E-state index contributed by atoms with van der Waals surface area (Å²) in [7, 11) is 0. The average Bonchev–Trinajstić information content (AvgIpc) is 2.91. The highest BCUT2D eigenvalue weighted by Gasteiger charge is 2.26. The van der Waals surface area contributed by atoms with Gasteiger partial charge in [0, 0.05) is 35.3 Å². The highest BCUT2D eigenvalue weighted by Crippen LogP contribution is 2.20. The maximum atomic E-state index is 12.9. The molecule has 0 heterocycles. The normalized spacial score (nSPS) is 21.9. The molecule has 5 N–H and O–H groups in total. The van der Waals surface area contributed by atoms with Gasteiger partial charge >= 0.3 is 6.09 Å². The van der Waals surface area contributed by atoms with Crippen LogP contribution < -0.4 is 21.7 Å². The first-order chi connectivity index (χ1) is 19.4. The van der Waals surface area contributed by atoms with Gasteiger partial charge in [-0.15, -0.1) is 12.4 Å². The predicted molar refractivity (Wildman–Crippen MR) is 161 cm³/mol. The fourth-order valence-corrected chi connectivity index (χ4v) is 4.86. The molecule has 3 amide bonds. The summed E-state index contributed by atoms with van der Waals surface area (Å²) in [4.78, 5) is 35.7. The molecule has 0 atom stereocenters. The van der Waals surface area contributed by atoms with Crippen LogP contribution in [-0.4, -0.2) is 47.7 Å². The molecule has 0 aliphatic heterocycles. The number of benzene rings is 2. The van der Waals surface area contributed by atoms with Crippen molar-refractivity contribution in [3.8, 4) is 0 Å². The fraction of sp³-hybridized carbons (Fsp3) is 0.516. The van der Waals surface area contributed by atoms with E-state index < -0.39 is 11.7 Å². The minimum absolute atomic E-state index is 0. The lowest BCUT2D eigenvalue weighted by Gasteiger charge is -2.30. The summed E-state index contributed by atoms with van der Waals surface area (Å²) in [6, 6.07) is 11.7. The van der Waals surface area contributed by atoms with E-state index in [0.717, 1.165) is 51.4 Å². The van der Waals surface area contributed by atoms with Crippen LogP contribution in [-0.2, 0) is 4.74 Å². The summed E-state index contributed by atoms with van der Waals surface area (Å²) < 4.78 is 30.8. The summed E-state index contributed by atoms with van der Waals surface area (Å²) >= 11 is 0. The Kier molecular flexibility index (Phi) is 13.7. The quantitative estimate of drug-likeness (QED) is 0.350. The van der Waals surface area contributed by atoms with Crippen LogP contribution in [0.1, 0.15) is 92.9 Å². The van der Waals surface area contributed by atoms with Crippen LogP contribution in [0, 0.1) is 11.6 Å². The summed E-state index contributed by atoms with van der Waals surface area (Å²) in [5.41, 5.74) is 6.24.